The normalized spacial score (nSPS) is 12.2. The Bertz CT molecular complexity index is 619. The summed E-state index contributed by atoms with van der Waals surface area (Å²) in [6, 6.07) is 11.3. The van der Waals surface area contributed by atoms with Gasteiger partial charge < -0.3 is 9.84 Å². The van der Waals surface area contributed by atoms with Crippen LogP contribution in [0.4, 0.5) is 0 Å². The van der Waals surface area contributed by atoms with Gasteiger partial charge in [-0.3, -0.25) is 0 Å². The molecule has 0 heterocycles. The van der Waals surface area contributed by atoms with Crippen molar-refractivity contribution in [3.8, 4) is 5.75 Å². The van der Waals surface area contributed by atoms with E-state index in [9.17, 15) is 5.11 Å². The van der Waals surface area contributed by atoms with E-state index in [4.69, 9.17) is 16.3 Å². The van der Waals surface area contributed by atoms with Gasteiger partial charge in [-0.05, 0) is 80.0 Å². The molecule has 5 heteroatoms. The van der Waals surface area contributed by atoms with E-state index in [1.54, 1.807) is 7.11 Å². The molecule has 0 amide bonds. The first-order chi connectivity index (χ1) is 9.51. The van der Waals surface area contributed by atoms with Gasteiger partial charge in [-0.2, -0.15) is 0 Å². The number of hydrogen-bond donors (Lipinski definition) is 1. The van der Waals surface area contributed by atoms with E-state index >= 15 is 0 Å². The Morgan fingerprint density at radius 3 is 2.70 bits per heavy atom. The van der Waals surface area contributed by atoms with Gasteiger partial charge in [0.1, 0.15) is 5.75 Å². The van der Waals surface area contributed by atoms with Crippen molar-refractivity contribution in [2.24, 2.45) is 0 Å². The van der Waals surface area contributed by atoms with Crippen LogP contribution in [0.1, 0.15) is 17.2 Å². The van der Waals surface area contributed by atoms with Gasteiger partial charge in [-0.15, -0.1) is 0 Å². The molecule has 0 aliphatic heterocycles. The lowest BCUT2D eigenvalue weighted by molar-refractivity contribution is 0.177. The molecule has 106 valence electrons. The Balaban J connectivity index is 2.21. The van der Waals surface area contributed by atoms with Crippen LogP contribution < -0.4 is 4.74 Å². The van der Waals surface area contributed by atoms with Gasteiger partial charge in [-0.25, -0.2) is 0 Å². The summed E-state index contributed by atoms with van der Waals surface area (Å²) in [4.78, 5) is 0. The summed E-state index contributed by atoms with van der Waals surface area (Å²) in [7, 11) is 1.63. The van der Waals surface area contributed by atoms with Gasteiger partial charge in [0.25, 0.3) is 0 Å². The van der Waals surface area contributed by atoms with Crippen molar-refractivity contribution in [2.45, 2.75) is 12.5 Å². The molecular weight excluding hydrogens is 454 g/mol. The monoisotopic (exact) mass is 466 g/mol. The summed E-state index contributed by atoms with van der Waals surface area (Å²) < 4.78 is 7.08. The van der Waals surface area contributed by atoms with Crippen molar-refractivity contribution in [2.75, 3.05) is 7.11 Å². The van der Waals surface area contributed by atoms with Crippen LogP contribution in [0, 0.1) is 3.57 Å². The van der Waals surface area contributed by atoms with Crippen LogP contribution in [-0.4, -0.2) is 12.2 Å². The predicted octanol–water partition coefficient (Wildman–Crippen LogP) is 4.99. The zero-order valence-corrected chi connectivity index (χ0v) is 15.2. The van der Waals surface area contributed by atoms with E-state index in [0.717, 1.165) is 24.9 Å². The summed E-state index contributed by atoms with van der Waals surface area (Å²) >= 11 is 11.6. The standard InChI is InChI=1S/C15H13BrClIO2/c1-20-15-5-2-9(6-12(15)16)7-14(19)11-8-10(17)3-4-13(11)18/h2-6,8,14,19H,7H2,1H3. The number of methoxy groups -OCH3 is 1. The molecule has 1 atom stereocenters. The summed E-state index contributed by atoms with van der Waals surface area (Å²) in [5, 5.41) is 11.0. The lowest BCUT2D eigenvalue weighted by Crippen LogP contribution is -2.04. The second-order valence-electron chi connectivity index (χ2n) is 4.35. The molecule has 0 bridgehead atoms. The van der Waals surface area contributed by atoms with Crippen LogP contribution in [0.3, 0.4) is 0 Å². The minimum Gasteiger partial charge on any atom is -0.496 e. The minimum atomic E-state index is -0.583. The Labute approximate surface area is 145 Å². The maximum atomic E-state index is 10.4. The molecule has 0 aromatic heterocycles. The molecule has 2 nitrogen and oxygen atoms in total. The van der Waals surface area contributed by atoms with E-state index < -0.39 is 6.10 Å². The summed E-state index contributed by atoms with van der Waals surface area (Å²) in [5.41, 5.74) is 1.88. The zero-order chi connectivity index (χ0) is 14.7. The average molecular weight is 468 g/mol. The molecule has 0 radical (unpaired) electrons. The molecule has 1 unspecified atom stereocenters. The summed E-state index contributed by atoms with van der Waals surface area (Å²) in [5.74, 6) is 0.778. The number of ether oxygens (including phenoxy) is 1. The van der Waals surface area contributed by atoms with Crippen molar-refractivity contribution in [3.63, 3.8) is 0 Å². The van der Waals surface area contributed by atoms with Crippen molar-refractivity contribution < 1.29 is 9.84 Å². The first-order valence-electron chi connectivity index (χ1n) is 5.96. The molecule has 0 aliphatic carbocycles. The van der Waals surface area contributed by atoms with Gasteiger partial charge >= 0.3 is 0 Å². The average Bonchev–Trinajstić information content (AvgIpc) is 2.41. The Hall–Kier alpha value is -0.300. The highest BCUT2D eigenvalue weighted by Gasteiger charge is 2.13. The van der Waals surface area contributed by atoms with Gasteiger partial charge in [0, 0.05) is 15.0 Å². The van der Waals surface area contributed by atoms with E-state index in [2.05, 4.69) is 38.5 Å². The smallest absolute Gasteiger partial charge is 0.133 e. The van der Waals surface area contributed by atoms with Crippen molar-refractivity contribution in [3.05, 3.63) is 60.6 Å². The number of aliphatic hydroxyl groups excluding tert-OH is 1. The van der Waals surface area contributed by atoms with Crippen LogP contribution >= 0.6 is 50.1 Å². The van der Waals surface area contributed by atoms with E-state index in [1.165, 1.54) is 0 Å². The van der Waals surface area contributed by atoms with Gasteiger partial charge in [-0.1, -0.05) is 17.7 Å². The van der Waals surface area contributed by atoms with E-state index in [-0.39, 0.29) is 0 Å². The molecule has 0 spiro atoms. The molecule has 2 aromatic rings. The highest BCUT2D eigenvalue weighted by atomic mass is 127. The second kappa shape index (κ2) is 7.11. The second-order valence-corrected chi connectivity index (χ2v) is 6.81. The topological polar surface area (TPSA) is 29.5 Å². The Kier molecular flexibility index (Phi) is 5.72. The van der Waals surface area contributed by atoms with E-state index in [0.29, 0.717) is 11.4 Å². The van der Waals surface area contributed by atoms with Crippen LogP contribution in [-0.2, 0) is 6.42 Å². The first kappa shape index (κ1) is 16.1. The molecule has 0 aliphatic rings. The zero-order valence-electron chi connectivity index (χ0n) is 10.7. The number of benzene rings is 2. The minimum absolute atomic E-state index is 0.527. The highest BCUT2D eigenvalue weighted by Crippen LogP contribution is 2.30. The van der Waals surface area contributed by atoms with Crippen molar-refractivity contribution >= 4 is 50.1 Å². The Morgan fingerprint density at radius 1 is 1.30 bits per heavy atom. The SMILES string of the molecule is COc1ccc(CC(O)c2cc(Cl)ccc2I)cc1Br. The third-order valence-corrected chi connectivity index (χ3v) is 4.80. The Morgan fingerprint density at radius 2 is 2.05 bits per heavy atom. The van der Waals surface area contributed by atoms with E-state index in [1.807, 2.05) is 36.4 Å². The molecule has 1 N–H and O–H groups in total. The lowest BCUT2D eigenvalue weighted by Gasteiger charge is -2.14. The number of halogens is 3. The third kappa shape index (κ3) is 3.87. The molecule has 2 aromatic carbocycles. The maximum absolute atomic E-state index is 10.4. The van der Waals surface area contributed by atoms with Crippen LogP contribution in [0.15, 0.2) is 40.9 Å². The lowest BCUT2D eigenvalue weighted by atomic mass is 10.0. The number of rotatable bonds is 4. The molecular formula is C15H13BrClIO2. The summed E-state index contributed by atoms with van der Waals surface area (Å²) in [6.45, 7) is 0. The maximum Gasteiger partial charge on any atom is 0.133 e. The fraction of sp³-hybridized carbons (Fsp3) is 0.200. The number of aliphatic hydroxyl groups is 1. The fourth-order valence-corrected chi connectivity index (χ4v) is 3.40. The van der Waals surface area contributed by atoms with Crippen LogP contribution in [0.5, 0.6) is 5.75 Å². The quantitative estimate of drug-likeness (QED) is 0.642. The van der Waals surface area contributed by atoms with Crippen molar-refractivity contribution in [1.82, 2.24) is 0 Å². The molecule has 2 rings (SSSR count). The molecule has 0 saturated carbocycles. The molecule has 20 heavy (non-hydrogen) atoms. The largest absolute Gasteiger partial charge is 0.496 e. The third-order valence-electron chi connectivity index (χ3n) is 2.96. The molecule has 0 fully saturated rings. The van der Waals surface area contributed by atoms with Crippen molar-refractivity contribution in [1.29, 1.82) is 0 Å². The fourth-order valence-electron chi connectivity index (χ4n) is 1.94. The van der Waals surface area contributed by atoms with Gasteiger partial charge in [0.15, 0.2) is 0 Å². The predicted molar refractivity (Wildman–Crippen MR) is 93.5 cm³/mol. The van der Waals surface area contributed by atoms with Crippen LogP contribution in [0.2, 0.25) is 5.02 Å². The van der Waals surface area contributed by atoms with Crippen LogP contribution in [0.25, 0.3) is 0 Å². The van der Waals surface area contributed by atoms with Gasteiger partial charge in [0.05, 0.1) is 17.7 Å². The first-order valence-corrected chi connectivity index (χ1v) is 8.21. The number of hydrogen-bond acceptors (Lipinski definition) is 2. The summed E-state index contributed by atoms with van der Waals surface area (Å²) in [6.07, 6.45) is -0.0558. The molecule has 0 saturated heterocycles. The van der Waals surface area contributed by atoms with Gasteiger partial charge in [0.2, 0.25) is 0 Å². The highest BCUT2D eigenvalue weighted by molar-refractivity contribution is 14.1.